The molecule has 26 heavy (non-hydrogen) atoms. The van der Waals surface area contributed by atoms with Crippen LogP contribution in [0.25, 0.3) is 0 Å². The van der Waals surface area contributed by atoms with Crippen molar-refractivity contribution in [2.45, 2.75) is 13.0 Å². The van der Waals surface area contributed by atoms with Gasteiger partial charge in [-0.15, -0.1) is 0 Å². The predicted octanol–water partition coefficient (Wildman–Crippen LogP) is 2.05. The van der Waals surface area contributed by atoms with Crippen molar-refractivity contribution in [3.05, 3.63) is 66.2 Å². The van der Waals surface area contributed by atoms with Gasteiger partial charge in [0.05, 0.1) is 5.92 Å². The molecular weight excluding hydrogens is 348 g/mol. The Morgan fingerprint density at radius 3 is 2.38 bits per heavy atom. The van der Waals surface area contributed by atoms with Crippen LogP contribution in [-0.4, -0.2) is 28.4 Å². The van der Waals surface area contributed by atoms with Gasteiger partial charge in [0.15, 0.2) is 5.11 Å². The molecule has 3 N–H and O–H groups in total. The molecule has 0 bridgehead atoms. The average Bonchev–Trinajstić information content (AvgIpc) is 3.02. The van der Waals surface area contributed by atoms with Crippen molar-refractivity contribution < 1.29 is 9.59 Å². The molecular formula is C19H20N4O2S. The third-order valence-corrected chi connectivity index (χ3v) is 4.34. The third-order valence-electron chi connectivity index (χ3n) is 4.13. The molecule has 0 radical (unpaired) electrons. The minimum atomic E-state index is -0.391. The molecule has 1 unspecified atom stereocenters. The molecule has 2 aromatic carbocycles. The summed E-state index contributed by atoms with van der Waals surface area (Å²) in [5.74, 6) is -0.650. The van der Waals surface area contributed by atoms with Gasteiger partial charge >= 0.3 is 0 Å². The molecule has 2 amide bonds. The lowest BCUT2D eigenvalue weighted by atomic mass is 10.1. The highest BCUT2D eigenvalue weighted by molar-refractivity contribution is 7.80. The fraction of sp³-hybridized carbons (Fsp3) is 0.211. The van der Waals surface area contributed by atoms with Crippen LogP contribution in [0.3, 0.4) is 0 Å². The number of carbonyl (C=O) groups is 2. The van der Waals surface area contributed by atoms with Crippen molar-refractivity contribution in [3.8, 4) is 0 Å². The molecule has 0 aromatic heterocycles. The maximum absolute atomic E-state index is 12.3. The molecule has 134 valence electrons. The van der Waals surface area contributed by atoms with E-state index in [0.29, 0.717) is 13.1 Å². The number of nitrogens with one attached hydrogen (secondary N) is 3. The molecule has 1 fully saturated rings. The summed E-state index contributed by atoms with van der Waals surface area (Å²) in [6.07, 6.45) is 0.208. The second-order valence-corrected chi connectivity index (χ2v) is 6.50. The smallest absolute Gasteiger partial charge is 0.243 e. The Morgan fingerprint density at radius 2 is 1.69 bits per heavy atom. The maximum atomic E-state index is 12.3. The monoisotopic (exact) mass is 368 g/mol. The van der Waals surface area contributed by atoms with E-state index in [2.05, 4.69) is 16.2 Å². The van der Waals surface area contributed by atoms with Crippen LogP contribution in [0.2, 0.25) is 0 Å². The van der Waals surface area contributed by atoms with E-state index in [4.69, 9.17) is 12.2 Å². The Hall–Kier alpha value is -2.93. The first-order chi connectivity index (χ1) is 12.6. The van der Waals surface area contributed by atoms with Crippen molar-refractivity contribution in [3.63, 3.8) is 0 Å². The summed E-state index contributed by atoms with van der Waals surface area (Å²) >= 11 is 5.15. The zero-order chi connectivity index (χ0) is 18.4. The zero-order valence-electron chi connectivity index (χ0n) is 14.1. The topological polar surface area (TPSA) is 73.5 Å². The molecule has 0 aliphatic carbocycles. The van der Waals surface area contributed by atoms with Gasteiger partial charge in [-0.25, -0.2) is 0 Å². The van der Waals surface area contributed by atoms with Crippen molar-refractivity contribution in [1.29, 1.82) is 0 Å². The summed E-state index contributed by atoms with van der Waals surface area (Å²) in [6.45, 7) is 0.922. The normalized spacial score (nSPS) is 16.2. The number of thiocarbonyl (C=S) groups is 1. The van der Waals surface area contributed by atoms with Gasteiger partial charge in [-0.3, -0.25) is 20.4 Å². The zero-order valence-corrected chi connectivity index (χ0v) is 15.0. The number of hydrogen-bond donors (Lipinski definition) is 3. The van der Waals surface area contributed by atoms with Gasteiger partial charge in [-0.2, -0.15) is 0 Å². The van der Waals surface area contributed by atoms with E-state index in [1.807, 2.05) is 60.7 Å². The molecule has 0 spiro atoms. The van der Waals surface area contributed by atoms with Gasteiger partial charge in [0.2, 0.25) is 11.8 Å². The van der Waals surface area contributed by atoms with E-state index in [0.717, 1.165) is 11.3 Å². The van der Waals surface area contributed by atoms with Gasteiger partial charge in [0.25, 0.3) is 0 Å². The highest BCUT2D eigenvalue weighted by atomic mass is 32.1. The molecule has 1 saturated heterocycles. The number of para-hydroxylation sites is 1. The van der Waals surface area contributed by atoms with E-state index in [9.17, 15) is 9.59 Å². The molecule has 3 rings (SSSR count). The number of anilines is 1. The molecule has 1 aliphatic heterocycles. The van der Waals surface area contributed by atoms with Gasteiger partial charge in [-0.05, 0) is 29.9 Å². The number of amides is 2. The molecule has 1 aliphatic rings. The molecule has 1 heterocycles. The Balaban J connectivity index is 1.46. The second kappa shape index (κ2) is 8.44. The van der Waals surface area contributed by atoms with Crippen LogP contribution in [0, 0.1) is 5.92 Å². The van der Waals surface area contributed by atoms with E-state index in [1.165, 1.54) is 0 Å². The number of nitrogens with zero attached hydrogens (tertiary/aromatic N) is 1. The number of likely N-dealkylation sites (tertiary alicyclic amines) is 1. The van der Waals surface area contributed by atoms with Gasteiger partial charge in [0, 0.05) is 25.2 Å². The summed E-state index contributed by atoms with van der Waals surface area (Å²) in [4.78, 5) is 26.2. The highest BCUT2D eigenvalue weighted by Gasteiger charge is 2.34. The molecule has 1 atom stereocenters. The van der Waals surface area contributed by atoms with E-state index >= 15 is 0 Å². The van der Waals surface area contributed by atoms with E-state index in [-0.39, 0.29) is 23.3 Å². The fourth-order valence-electron chi connectivity index (χ4n) is 2.81. The second-order valence-electron chi connectivity index (χ2n) is 6.10. The predicted molar refractivity (Wildman–Crippen MR) is 104 cm³/mol. The summed E-state index contributed by atoms with van der Waals surface area (Å²) in [5, 5.41) is 3.25. The van der Waals surface area contributed by atoms with Crippen LogP contribution in [0.1, 0.15) is 12.0 Å². The number of carbonyl (C=O) groups excluding carboxylic acids is 2. The van der Waals surface area contributed by atoms with Crippen LogP contribution >= 0.6 is 12.2 Å². The number of benzene rings is 2. The molecule has 6 nitrogen and oxygen atoms in total. The Bertz CT molecular complexity index is 783. The van der Waals surface area contributed by atoms with Gasteiger partial charge in [0.1, 0.15) is 0 Å². The van der Waals surface area contributed by atoms with Crippen LogP contribution in [0.15, 0.2) is 60.7 Å². The van der Waals surface area contributed by atoms with E-state index < -0.39 is 5.92 Å². The van der Waals surface area contributed by atoms with Crippen molar-refractivity contribution >= 4 is 34.8 Å². The van der Waals surface area contributed by atoms with Gasteiger partial charge in [-0.1, -0.05) is 48.5 Å². The first kappa shape index (κ1) is 17.9. The van der Waals surface area contributed by atoms with Crippen LogP contribution in [0.5, 0.6) is 0 Å². The first-order valence-electron chi connectivity index (χ1n) is 8.35. The fourth-order valence-corrected chi connectivity index (χ4v) is 2.98. The SMILES string of the molecule is O=C(NNC(=S)Nc1ccccc1)C1CC(=O)N(Cc2ccccc2)C1. The lowest BCUT2D eigenvalue weighted by Crippen LogP contribution is -2.46. The standard InChI is InChI=1S/C19H20N4O2S/c24-17-11-15(13-23(17)12-14-7-3-1-4-8-14)18(25)21-22-19(26)20-16-9-5-2-6-10-16/h1-10,15H,11-13H2,(H,21,25)(H2,20,22,26). The minimum absolute atomic E-state index is 0.0148. The summed E-state index contributed by atoms with van der Waals surface area (Å²) in [5.41, 5.74) is 7.13. The summed E-state index contributed by atoms with van der Waals surface area (Å²) in [7, 11) is 0. The van der Waals surface area contributed by atoms with Crippen molar-refractivity contribution in [2.75, 3.05) is 11.9 Å². The Morgan fingerprint density at radius 1 is 1.04 bits per heavy atom. The number of hydrogen-bond acceptors (Lipinski definition) is 3. The van der Waals surface area contributed by atoms with Gasteiger partial charge < -0.3 is 10.2 Å². The maximum Gasteiger partial charge on any atom is 0.243 e. The van der Waals surface area contributed by atoms with E-state index in [1.54, 1.807) is 4.90 Å². The molecule has 2 aromatic rings. The van der Waals surface area contributed by atoms with Crippen LogP contribution in [0.4, 0.5) is 5.69 Å². The molecule has 7 heteroatoms. The quantitative estimate of drug-likeness (QED) is 0.569. The lowest BCUT2D eigenvalue weighted by molar-refractivity contribution is -0.129. The highest BCUT2D eigenvalue weighted by Crippen LogP contribution is 2.20. The number of rotatable bonds is 4. The average molecular weight is 368 g/mol. The molecule has 0 saturated carbocycles. The van der Waals surface area contributed by atoms with Crippen LogP contribution < -0.4 is 16.2 Å². The summed E-state index contributed by atoms with van der Waals surface area (Å²) in [6, 6.07) is 19.1. The Labute approximate surface area is 157 Å². The first-order valence-corrected chi connectivity index (χ1v) is 8.76. The third kappa shape index (κ3) is 4.80. The van der Waals surface area contributed by atoms with Crippen molar-refractivity contribution in [2.24, 2.45) is 5.92 Å². The summed E-state index contributed by atoms with van der Waals surface area (Å²) < 4.78 is 0. The minimum Gasteiger partial charge on any atom is -0.338 e. The number of hydrazine groups is 1. The Kier molecular flexibility index (Phi) is 5.80. The van der Waals surface area contributed by atoms with Crippen molar-refractivity contribution in [1.82, 2.24) is 15.8 Å². The lowest BCUT2D eigenvalue weighted by Gasteiger charge is -2.17. The van der Waals surface area contributed by atoms with Crippen LogP contribution in [-0.2, 0) is 16.1 Å². The largest absolute Gasteiger partial charge is 0.338 e.